The molecule has 0 aliphatic carbocycles. The van der Waals surface area contributed by atoms with Gasteiger partial charge in [-0.3, -0.25) is 0 Å². The van der Waals surface area contributed by atoms with Gasteiger partial charge in [0.25, 0.3) is 0 Å². The van der Waals surface area contributed by atoms with Crippen LogP contribution in [0.15, 0.2) is 6.07 Å². The summed E-state index contributed by atoms with van der Waals surface area (Å²) in [7, 11) is 0. The highest BCUT2D eigenvalue weighted by Gasteiger charge is 2.10. The minimum absolute atomic E-state index is 0.448. The molecule has 1 aromatic rings. The second kappa shape index (κ2) is 4.67. The predicted octanol–water partition coefficient (Wildman–Crippen LogP) is 3.01. The molecule has 72 valence electrons. The second-order valence-electron chi connectivity index (χ2n) is 2.63. The first kappa shape index (κ1) is 10.6. The van der Waals surface area contributed by atoms with E-state index in [0.717, 1.165) is 21.9 Å². The lowest BCUT2D eigenvalue weighted by Crippen LogP contribution is -1.90. The van der Waals surface area contributed by atoms with Crippen LogP contribution in [0.3, 0.4) is 0 Å². The van der Waals surface area contributed by atoms with Crippen molar-refractivity contribution in [1.29, 1.82) is 0 Å². The molecule has 0 bridgehead atoms. The van der Waals surface area contributed by atoms with E-state index in [1.165, 1.54) is 11.3 Å². The van der Waals surface area contributed by atoms with Gasteiger partial charge in [0.15, 0.2) is 0 Å². The standard InChI is InChI=1S/C9H12O2S2/c1-3-12-5-7-4-8(9(10)11)13-6(7)2/h4H,3,5H2,1-2H3,(H,10,11). The Kier molecular flexibility index (Phi) is 3.81. The third-order valence-electron chi connectivity index (χ3n) is 1.69. The minimum atomic E-state index is -0.819. The monoisotopic (exact) mass is 216 g/mol. The molecule has 0 fully saturated rings. The van der Waals surface area contributed by atoms with Crippen molar-refractivity contribution < 1.29 is 9.90 Å². The van der Waals surface area contributed by atoms with Crippen molar-refractivity contribution in [1.82, 2.24) is 0 Å². The van der Waals surface area contributed by atoms with E-state index in [2.05, 4.69) is 6.92 Å². The third kappa shape index (κ3) is 2.74. The summed E-state index contributed by atoms with van der Waals surface area (Å²) in [6.45, 7) is 4.08. The highest BCUT2D eigenvalue weighted by Crippen LogP contribution is 2.25. The number of aromatic carboxylic acids is 1. The first-order valence-electron chi connectivity index (χ1n) is 4.05. The van der Waals surface area contributed by atoms with Crippen LogP contribution >= 0.6 is 23.1 Å². The van der Waals surface area contributed by atoms with E-state index >= 15 is 0 Å². The van der Waals surface area contributed by atoms with Gasteiger partial charge < -0.3 is 5.11 Å². The van der Waals surface area contributed by atoms with Crippen LogP contribution in [-0.4, -0.2) is 16.8 Å². The Labute approximate surface area is 86.0 Å². The summed E-state index contributed by atoms with van der Waals surface area (Å²) in [6.07, 6.45) is 0. The van der Waals surface area contributed by atoms with Gasteiger partial charge in [-0.15, -0.1) is 11.3 Å². The maximum atomic E-state index is 10.6. The Hall–Kier alpha value is -0.480. The largest absolute Gasteiger partial charge is 0.477 e. The Morgan fingerprint density at radius 2 is 2.38 bits per heavy atom. The summed E-state index contributed by atoms with van der Waals surface area (Å²) in [5.41, 5.74) is 1.16. The van der Waals surface area contributed by atoms with E-state index in [4.69, 9.17) is 5.11 Å². The Balaban J connectivity index is 2.77. The first-order chi connectivity index (χ1) is 6.15. The average molecular weight is 216 g/mol. The smallest absolute Gasteiger partial charge is 0.345 e. The summed E-state index contributed by atoms with van der Waals surface area (Å²) >= 11 is 3.17. The molecule has 0 saturated heterocycles. The van der Waals surface area contributed by atoms with Crippen LogP contribution in [-0.2, 0) is 5.75 Å². The number of carboxylic acid groups (broad SMARTS) is 1. The topological polar surface area (TPSA) is 37.3 Å². The van der Waals surface area contributed by atoms with Crippen LogP contribution in [0, 0.1) is 6.92 Å². The van der Waals surface area contributed by atoms with Crippen LogP contribution in [0.5, 0.6) is 0 Å². The van der Waals surface area contributed by atoms with Crippen LogP contribution < -0.4 is 0 Å². The maximum Gasteiger partial charge on any atom is 0.345 e. The van der Waals surface area contributed by atoms with Crippen molar-refractivity contribution in [2.24, 2.45) is 0 Å². The first-order valence-corrected chi connectivity index (χ1v) is 6.02. The lowest BCUT2D eigenvalue weighted by Gasteiger charge is -1.95. The molecule has 0 amide bonds. The minimum Gasteiger partial charge on any atom is -0.477 e. The molecule has 1 N–H and O–H groups in total. The zero-order valence-electron chi connectivity index (χ0n) is 7.66. The number of hydrogen-bond donors (Lipinski definition) is 1. The Morgan fingerprint density at radius 1 is 1.69 bits per heavy atom. The summed E-state index contributed by atoms with van der Waals surface area (Å²) in [5, 5.41) is 8.75. The molecule has 13 heavy (non-hydrogen) atoms. The number of rotatable bonds is 4. The normalized spacial score (nSPS) is 10.3. The lowest BCUT2D eigenvalue weighted by molar-refractivity contribution is 0.0702. The number of carboxylic acids is 1. The number of thioether (sulfide) groups is 1. The molecule has 0 aliphatic rings. The molecule has 1 heterocycles. The van der Waals surface area contributed by atoms with Gasteiger partial charge in [-0.1, -0.05) is 6.92 Å². The van der Waals surface area contributed by atoms with Gasteiger partial charge in [0.1, 0.15) is 4.88 Å². The fraction of sp³-hybridized carbons (Fsp3) is 0.444. The molecule has 1 rings (SSSR count). The molecule has 2 nitrogen and oxygen atoms in total. The zero-order chi connectivity index (χ0) is 9.84. The van der Waals surface area contributed by atoms with Crippen LogP contribution in [0.2, 0.25) is 0 Å². The summed E-state index contributed by atoms with van der Waals surface area (Å²) < 4.78 is 0. The van der Waals surface area contributed by atoms with Gasteiger partial charge in [-0.2, -0.15) is 11.8 Å². The second-order valence-corrected chi connectivity index (χ2v) is 5.16. The van der Waals surface area contributed by atoms with Crippen molar-refractivity contribution in [3.05, 3.63) is 21.4 Å². The number of hydrogen-bond acceptors (Lipinski definition) is 3. The number of thiophene rings is 1. The third-order valence-corrected chi connectivity index (χ3v) is 3.70. The van der Waals surface area contributed by atoms with E-state index in [-0.39, 0.29) is 0 Å². The molecule has 0 radical (unpaired) electrons. The fourth-order valence-electron chi connectivity index (χ4n) is 0.981. The Bertz CT molecular complexity index is 305. The highest BCUT2D eigenvalue weighted by molar-refractivity contribution is 7.98. The summed E-state index contributed by atoms with van der Waals surface area (Å²) in [6, 6.07) is 1.78. The van der Waals surface area contributed by atoms with Gasteiger partial charge in [0.05, 0.1) is 0 Å². The number of aryl methyl sites for hydroxylation is 1. The van der Waals surface area contributed by atoms with Gasteiger partial charge in [0.2, 0.25) is 0 Å². The molecule has 0 aliphatic heterocycles. The van der Waals surface area contributed by atoms with Crippen LogP contribution in [0.1, 0.15) is 27.0 Å². The van der Waals surface area contributed by atoms with Crippen LogP contribution in [0.25, 0.3) is 0 Å². The van der Waals surface area contributed by atoms with E-state index in [1.807, 2.05) is 18.7 Å². The molecule has 0 atom stereocenters. The van der Waals surface area contributed by atoms with E-state index in [0.29, 0.717) is 4.88 Å². The molecular weight excluding hydrogens is 204 g/mol. The summed E-state index contributed by atoms with van der Waals surface area (Å²) in [4.78, 5) is 12.2. The maximum absolute atomic E-state index is 10.6. The quantitative estimate of drug-likeness (QED) is 0.840. The SMILES string of the molecule is CCSCc1cc(C(=O)O)sc1C. The van der Waals surface area contributed by atoms with Gasteiger partial charge in [0, 0.05) is 10.6 Å². The van der Waals surface area contributed by atoms with Gasteiger partial charge in [-0.25, -0.2) is 4.79 Å². The van der Waals surface area contributed by atoms with E-state index < -0.39 is 5.97 Å². The Morgan fingerprint density at radius 3 is 2.85 bits per heavy atom. The molecule has 0 spiro atoms. The van der Waals surface area contributed by atoms with E-state index in [1.54, 1.807) is 6.07 Å². The van der Waals surface area contributed by atoms with Gasteiger partial charge in [-0.05, 0) is 24.3 Å². The molecule has 0 unspecified atom stereocenters. The molecule has 0 aromatic carbocycles. The van der Waals surface area contributed by atoms with Crippen molar-refractivity contribution >= 4 is 29.1 Å². The summed E-state index contributed by atoms with van der Waals surface area (Å²) in [5.74, 6) is 1.17. The zero-order valence-corrected chi connectivity index (χ0v) is 9.30. The van der Waals surface area contributed by atoms with Crippen molar-refractivity contribution in [3.63, 3.8) is 0 Å². The van der Waals surface area contributed by atoms with Crippen molar-refractivity contribution in [2.45, 2.75) is 19.6 Å². The predicted molar refractivity (Wildman–Crippen MR) is 57.9 cm³/mol. The van der Waals surface area contributed by atoms with Gasteiger partial charge >= 0.3 is 5.97 Å². The van der Waals surface area contributed by atoms with Crippen molar-refractivity contribution in [3.8, 4) is 0 Å². The highest BCUT2D eigenvalue weighted by atomic mass is 32.2. The average Bonchev–Trinajstić information content (AvgIpc) is 2.44. The molecule has 0 saturated carbocycles. The number of carbonyl (C=O) groups is 1. The molecule has 1 aromatic heterocycles. The molecular formula is C9H12O2S2. The lowest BCUT2D eigenvalue weighted by atomic mass is 10.3. The van der Waals surface area contributed by atoms with E-state index in [9.17, 15) is 4.79 Å². The molecule has 4 heteroatoms. The van der Waals surface area contributed by atoms with Crippen molar-refractivity contribution in [2.75, 3.05) is 5.75 Å². The fourth-order valence-corrected chi connectivity index (χ4v) is 2.68. The van der Waals surface area contributed by atoms with Crippen LogP contribution in [0.4, 0.5) is 0 Å².